The second-order valence-electron chi connectivity index (χ2n) is 6.68. The number of amides is 1. The number of carbonyl (C=O) groups excluding carboxylic acids is 1. The van der Waals surface area contributed by atoms with Gasteiger partial charge in [-0.2, -0.15) is 11.8 Å². The predicted molar refractivity (Wildman–Crippen MR) is 97.3 cm³/mol. The molecule has 0 radical (unpaired) electrons. The highest BCUT2D eigenvalue weighted by Gasteiger charge is 2.37. The lowest BCUT2D eigenvalue weighted by molar-refractivity contribution is -0.925. The van der Waals surface area contributed by atoms with Crippen LogP contribution in [0, 0.1) is 0 Å². The molecule has 1 aromatic rings. The molecule has 2 heterocycles. The lowest BCUT2D eigenvalue weighted by Gasteiger charge is -2.35. The minimum atomic E-state index is -2.83. The summed E-state index contributed by atoms with van der Waals surface area (Å²) in [6, 6.07) is 8.09. The van der Waals surface area contributed by atoms with Gasteiger partial charge in [0.05, 0.1) is 31.9 Å². The average molecular weight is 370 g/mol. The van der Waals surface area contributed by atoms with Gasteiger partial charge in [0.25, 0.3) is 5.91 Å². The minimum Gasteiger partial charge on any atom is -0.329 e. The lowest BCUT2D eigenvalue weighted by atomic mass is 10.1. The highest BCUT2D eigenvalue weighted by molar-refractivity contribution is 7.97. The van der Waals surface area contributed by atoms with Crippen molar-refractivity contribution in [3.63, 3.8) is 0 Å². The van der Waals surface area contributed by atoms with Crippen LogP contribution >= 0.6 is 11.8 Å². The van der Waals surface area contributed by atoms with Gasteiger partial charge in [0.15, 0.2) is 9.84 Å². The van der Waals surface area contributed by atoms with Gasteiger partial charge in [0, 0.05) is 17.7 Å². The number of hydrogen-bond donors (Lipinski definition) is 1. The highest BCUT2D eigenvalue weighted by Crippen LogP contribution is 2.13. The molecule has 1 aromatic carbocycles. The van der Waals surface area contributed by atoms with Gasteiger partial charge in [-0.25, -0.2) is 8.42 Å². The third kappa shape index (κ3) is 4.13. The Balaban J connectivity index is 1.55. The van der Waals surface area contributed by atoms with E-state index in [-0.39, 0.29) is 11.9 Å². The molecule has 24 heavy (non-hydrogen) atoms. The van der Waals surface area contributed by atoms with Crippen LogP contribution in [0.4, 0.5) is 0 Å². The summed E-state index contributed by atoms with van der Waals surface area (Å²) < 4.78 is 23.3. The first-order chi connectivity index (χ1) is 11.5. The first-order valence-corrected chi connectivity index (χ1v) is 11.6. The van der Waals surface area contributed by atoms with Crippen molar-refractivity contribution >= 4 is 27.5 Å². The Morgan fingerprint density at radius 1 is 1.25 bits per heavy atom. The Kier molecular flexibility index (Phi) is 5.52. The number of rotatable bonds is 4. The third-order valence-electron chi connectivity index (χ3n) is 5.01. The number of quaternary nitrogens is 1. The van der Waals surface area contributed by atoms with Gasteiger partial charge in [-0.15, -0.1) is 0 Å². The SMILES string of the molecule is CSCc1ccc(C(=O)N2CC[NH+]([C@H]3CCS(=O)(=O)C3)CC2)cc1. The van der Waals surface area contributed by atoms with Gasteiger partial charge >= 0.3 is 0 Å². The summed E-state index contributed by atoms with van der Waals surface area (Å²) in [5.74, 6) is 1.68. The zero-order valence-electron chi connectivity index (χ0n) is 14.0. The molecule has 5 nitrogen and oxygen atoms in total. The van der Waals surface area contributed by atoms with Crippen LogP contribution in [0.5, 0.6) is 0 Å². The van der Waals surface area contributed by atoms with Crippen molar-refractivity contribution in [1.82, 2.24) is 4.90 Å². The maximum absolute atomic E-state index is 12.6. The van der Waals surface area contributed by atoms with Crippen molar-refractivity contribution in [2.45, 2.75) is 18.2 Å². The number of hydrogen-bond acceptors (Lipinski definition) is 4. The van der Waals surface area contributed by atoms with Gasteiger partial charge in [0.1, 0.15) is 11.8 Å². The van der Waals surface area contributed by atoms with Crippen molar-refractivity contribution in [3.05, 3.63) is 35.4 Å². The van der Waals surface area contributed by atoms with E-state index in [0.717, 1.165) is 30.8 Å². The van der Waals surface area contributed by atoms with Gasteiger partial charge in [-0.3, -0.25) is 4.79 Å². The van der Waals surface area contributed by atoms with E-state index >= 15 is 0 Å². The van der Waals surface area contributed by atoms with E-state index in [1.807, 2.05) is 29.2 Å². The van der Waals surface area contributed by atoms with E-state index in [9.17, 15) is 13.2 Å². The second kappa shape index (κ2) is 7.45. The molecule has 0 aliphatic carbocycles. The zero-order valence-corrected chi connectivity index (χ0v) is 15.7. The second-order valence-corrected chi connectivity index (χ2v) is 9.78. The highest BCUT2D eigenvalue weighted by atomic mass is 32.2. The van der Waals surface area contributed by atoms with Crippen LogP contribution in [-0.4, -0.2) is 69.2 Å². The summed E-state index contributed by atoms with van der Waals surface area (Å²) in [4.78, 5) is 15.9. The van der Waals surface area contributed by atoms with Crippen LogP contribution in [-0.2, 0) is 15.6 Å². The molecule has 2 aliphatic heterocycles. The molecule has 2 saturated heterocycles. The molecule has 0 spiro atoms. The first-order valence-electron chi connectivity index (χ1n) is 8.40. The smallest absolute Gasteiger partial charge is 0.254 e. The molecule has 3 rings (SSSR count). The Hall–Kier alpha value is -1.05. The van der Waals surface area contributed by atoms with Crippen molar-refractivity contribution in [2.24, 2.45) is 0 Å². The monoisotopic (exact) mass is 369 g/mol. The number of carbonyl (C=O) groups is 1. The topological polar surface area (TPSA) is 58.9 Å². The normalized spacial score (nSPS) is 24.2. The number of benzene rings is 1. The van der Waals surface area contributed by atoms with Crippen LogP contribution in [0.1, 0.15) is 22.3 Å². The predicted octanol–water partition coefficient (Wildman–Crippen LogP) is 0.0774. The van der Waals surface area contributed by atoms with Gasteiger partial charge in [-0.05, 0) is 24.0 Å². The van der Waals surface area contributed by atoms with Crippen LogP contribution in [0.25, 0.3) is 0 Å². The molecule has 0 saturated carbocycles. The molecule has 132 valence electrons. The number of sulfone groups is 1. The van der Waals surface area contributed by atoms with Crippen molar-refractivity contribution in [1.29, 1.82) is 0 Å². The van der Waals surface area contributed by atoms with Crippen LogP contribution in [0.2, 0.25) is 0 Å². The Morgan fingerprint density at radius 2 is 1.92 bits per heavy atom. The molecular weight excluding hydrogens is 344 g/mol. The molecular formula is C17H25N2O3S2+. The number of nitrogens with one attached hydrogen (secondary N) is 1. The molecule has 2 aliphatic rings. The van der Waals surface area contributed by atoms with E-state index in [1.54, 1.807) is 11.8 Å². The van der Waals surface area contributed by atoms with Crippen molar-refractivity contribution < 1.29 is 18.1 Å². The summed E-state index contributed by atoms with van der Waals surface area (Å²) in [5.41, 5.74) is 1.97. The maximum Gasteiger partial charge on any atom is 0.254 e. The number of nitrogens with zero attached hydrogens (tertiary/aromatic N) is 1. The quantitative estimate of drug-likeness (QED) is 0.817. The van der Waals surface area contributed by atoms with Crippen molar-refractivity contribution in [2.75, 3.05) is 43.9 Å². The zero-order chi connectivity index (χ0) is 17.2. The molecule has 0 aromatic heterocycles. The number of piperazine rings is 1. The summed E-state index contributed by atoms with van der Waals surface area (Å²) >= 11 is 1.77. The van der Waals surface area contributed by atoms with Gasteiger partial charge < -0.3 is 9.80 Å². The fraction of sp³-hybridized carbons (Fsp3) is 0.588. The fourth-order valence-corrected chi connectivity index (χ4v) is 5.97. The summed E-state index contributed by atoms with van der Waals surface area (Å²) in [6.07, 6.45) is 2.83. The van der Waals surface area contributed by atoms with E-state index in [2.05, 4.69) is 6.26 Å². The largest absolute Gasteiger partial charge is 0.329 e. The van der Waals surface area contributed by atoms with Crippen LogP contribution in [0.15, 0.2) is 24.3 Å². The van der Waals surface area contributed by atoms with E-state index < -0.39 is 9.84 Å². The number of thioether (sulfide) groups is 1. The maximum atomic E-state index is 12.6. The summed E-state index contributed by atoms with van der Waals surface area (Å²) in [6.45, 7) is 3.10. The molecule has 0 bridgehead atoms. The van der Waals surface area contributed by atoms with Crippen LogP contribution < -0.4 is 4.90 Å². The first kappa shape index (κ1) is 17.8. The fourth-order valence-electron chi connectivity index (χ4n) is 3.62. The Labute approximate surface area is 148 Å². The molecule has 0 unspecified atom stereocenters. The average Bonchev–Trinajstić information content (AvgIpc) is 2.95. The third-order valence-corrected chi connectivity index (χ3v) is 7.40. The van der Waals surface area contributed by atoms with Crippen LogP contribution in [0.3, 0.4) is 0 Å². The molecule has 1 amide bonds. The summed E-state index contributed by atoms with van der Waals surface area (Å²) in [5, 5.41) is 0. The standard InChI is InChI=1S/C17H24N2O3S2/c1-23-12-14-2-4-15(5-3-14)17(20)19-9-7-18(8-10-19)16-6-11-24(21,22)13-16/h2-5,16H,6-13H2,1H3/p+1/t16-/m0/s1. The summed E-state index contributed by atoms with van der Waals surface area (Å²) in [7, 11) is -2.83. The van der Waals surface area contributed by atoms with E-state index in [4.69, 9.17) is 0 Å². The van der Waals surface area contributed by atoms with Gasteiger partial charge in [-0.1, -0.05) is 12.1 Å². The van der Waals surface area contributed by atoms with Gasteiger partial charge in [0.2, 0.25) is 0 Å². The van der Waals surface area contributed by atoms with E-state index in [0.29, 0.717) is 24.6 Å². The Bertz CT molecular complexity index is 680. The molecule has 7 heteroatoms. The lowest BCUT2D eigenvalue weighted by Crippen LogP contribution is -3.18. The Morgan fingerprint density at radius 3 is 2.46 bits per heavy atom. The molecule has 2 fully saturated rings. The minimum absolute atomic E-state index is 0.0868. The molecule has 1 N–H and O–H groups in total. The molecule has 1 atom stereocenters. The van der Waals surface area contributed by atoms with E-state index in [1.165, 1.54) is 10.5 Å². The van der Waals surface area contributed by atoms with Crippen molar-refractivity contribution in [3.8, 4) is 0 Å².